The van der Waals surface area contributed by atoms with E-state index in [1.165, 1.54) is 20.2 Å². The summed E-state index contributed by atoms with van der Waals surface area (Å²) in [5, 5.41) is 2.85. The molecule has 0 aliphatic heterocycles. The molecule has 0 radical (unpaired) electrons. The zero-order valence-electron chi connectivity index (χ0n) is 17.3. The van der Waals surface area contributed by atoms with Gasteiger partial charge in [0.1, 0.15) is 11.9 Å². The summed E-state index contributed by atoms with van der Waals surface area (Å²) in [6.45, 7) is 5.55. The molecule has 0 unspecified atom stereocenters. The molecule has 2 aromatic carbocycles. The monoisotopic (exact) mass is 414 g/mol. The maximum Gasteiger partial charge on any atom is 0.247 e. The van der Waals surface area contributed by atoms with Gasteiger partial charge >= 0.3 is 0 Å². The van der Waals surface area contributed by atoms with Crippen molar-refractivity contribution in [2.75, 3.05) is 19.4 Å². The minimum absolute atomic E-state index is 0.176. The Morgan fingerprint density at radius 3 is 2.55 bits per heavy atom. The smallest absolute Gasteiger partial charge is 0.247 e. The lowest BCUT2D eigenvalue weighted by Gasteiger charge is -2.18. The second-order valence-electron chi connectivity index (χ2n) is 7.17. The van der Waals surface area contributed by atoms with Gasteiger partial charge in [0.15, 0.2) is 0 Å². The molecule has 3 aromatic rings. The number of para-hydroxylation sites is 2. The Hall–Kier alpha value is -2.71. The Balaban J connectivity index is 1.94. The van der Waals surface area contributed by atoms with Gasteiger partial charge in [-0.05, 0) is 43.7 Å². The first-order chi connectivity index (χ1) is 13.7. The normalized spacial score (nSPS) is 13.0. The van der Waals surface area contributed by atoms with Gasteiger partial charge in [-0.15, -0.1) is 0 Å². The van der Waals surface area contributed by atoms with Crippen LogP contribution in [0.1, 0.15) is 31.3 Å². The van der Waals surface area contributed by atoms with Crippen molar-refractivity contribution in [2.24, 2.45) is 0 Å². The molecule has 1 amide bonds. The highest BCUT2D eigenvalue weighted by Crippen LogP contribution is 2.25. The summed E-state index contributed by atoms with van der Waals surface area (Å²) in [4.78, 5) is 17.8. The predicted molar refractivity (Wildman–Crippen MR) is 115 cm³/mol. The van der Waals surface area contributed by atoms with Crippen LogP contribution in [0.15, 0.2) is 47.4 Å². The number of sulfonamides is 1. The van der Waals surface area contributed by atoms with Crippen molar-refractivity contribution in [3.05, 3.63) is 53.9 Å². The van der Waals surface area contributed by atoms with E-state index >= 15 is 0 Å². The van der Waals surface area contributed by atoms with Gasteiger partial charge in [0.05, 0.1) is 15.9 Å². The van der Waals surface area contributed by atoms with Crippen LogP contribution in [0.25, 0.3) is 11.0 Å². The highest BCUT2D eigenvalue weighted by Gasteiger charge is 2.23. The van der Waals surface area contributed by atoms with Crippen LogP contribution in [0.4, 0.5) is 5.69 Å². The molecule has 0 saturated carbocycles. The quantitative estimate of drug-likeness (QED) is 0.670. The van der Waals surface area contributed by atoms with E-state index in [2.05, 4.69) is 10.3 Å². The van der Waals surface area contributed by atoms with E-state index in [0.29, 0.717) is 17.7 Å². The van der Waals surface area contributed by atoms with E-state index in [1.807, 2.05) is 42.7 Å². The summed E-state index contributed by atoms with van der Waals surface area (Å²) >= 11 is 0. The average Bonchev–Trinajstić information content (AvgIpc) is 3.07. The fraction of sp³-hybridized carbons (Fsp3) is 0.333. The SMILES string of the molecule is CCc1nc2ccccc2n1[C@H](C)C(=O)Nc1ccc(C)c(S(=O)(=O)N(C)C)c1. The van der Waals surface area contributed by atoms with Gasteiger partial charge in [0.25, 0.3) is 0 Å². The number of nitrogens with zero attached hydrogens (tertiary/aromatic N) is 3. The number of benzene rings is 2. The number of imidazole rings is 1. The Morgan fingerprint density at radius 1 is 1.21 bits per heavy atom. The molecular formula is C21H26N4O3S. The molecule has 1 aromatic heterocycles. The highest BCUT2D eigenvalue weighted by molar-refractivity contribution is 7.89. The number of carbonyl (C=O) groups is 1. The van der Waals surface area contributed by atoms with Crippen LogP contribution in [-0.2, 0) is 21.2 Å². The molecule has 0 fully saturated rings. The zero-order valence-corrected chi connectivity index (χ0v) is 18.1. The fourth-order valence-corrected chi connectivity index (χ4v) is 4.44. The number of rotatable bonds is 6. The first-order valence-corrected chi connectivity index (χ1v) is 10.9. The Labute approximate surface area is 171 Å². The molecule has 29 heavy (non-hydrogen) atoms. The lowest BCUT2D eigenvalue weighted by atomic mass is 10.2. The van der Waals surface area contributed by atoms with Crippen molar-refractivity contribution >= 4 is 32.7 Å². The van der Waals surface area contributed by atoms with E-state index < -0.39 is 16.1 Å². The van der Waals surface area contributed by atoms with Crippen molar-refractivity contribution in [3.8, 4) is 0 Å². The molecule has 0 aliphatic rings. The number of hydrogen-bond donors (Lipinski definition) is 1. The molecule has 8 heteroatoms. The van der Waals surface area contributed by atoms with Crippen LogP contribution in [0.5, 0.6) is 0 Å². The highest BCUT2D eigenvalue weighted by atomic mass is 32.2. The molecule has 1 N–H and O–H groups in total. The van der Waals surface area contributed by atoms with Crippen molar-refractivity contribution in [2.45, 2.75) is 38.1 Å². The fourth-order valence-electron chi connectivity index (χ4n) is 3.29. The van der Waals surface area contributed by atoms with Gasteiger partial charge in [0.2, 0.25) is 15.9 Å². The molecule has 154 valence electrons. The first kappa shape index (κ1) is 21.0. The first-order valence-electron chi connectivity index (χ1n) is 9.46. The van der Waals surface area contributed by atoms with Gasteiger partial charge in [0, 0.05) is 26.2 Å². The molecular weight excluding hydrogens is 388 g/mol. The van der Waals surface area contributed by atoms with Crippen molar-refractivity contribution in [1.82, 2.24) is 13.9 Å². The number of fused-ring (bicyclic) bond motifs is 1. The van der Waals surface area contributed by atoms with Crippen LogP contribution in [-0.4, -0.2) is 42.3 Å². The summed E-state index contributed by atoms with van der Waals surface area (Å²) in [5.41, 5.74) is 2.81. The van der Waals surface area contributed by atoms with Gasteiger partial charge in [-0.25, -0.2) is 17.7 Å². The Morgan fingerprint density at radius 2 is 1.90 bits per heavy atom. The van der Waals surface area contributed by atoms with Crippen LogP contribution < -0.4 is 5.32 Å². The van der Waals surface area contributed by atoms with Gasteiger partial charge in [-0.2, -0.15) is 0 Å². The van der Waals surface area contributed by atoms with E-state index in [1.54, 1.807) is 19.1 Å². The van der Waals surface area contributed by atoms with Gasteiger partial charge in [-0.1, -0.05) is 25.1 Å². The summed E-state index contributed by atoms with van der Waals surface area (Å²) in [5.74, 6) is 0.591. The van der Waals surface area contributed by atoms with Crippen molar-refractivity contribution < 1.29 is 13.2 Å². The summed E-state index contributed by atoms with van der Waals surface area (Å²) in [6, 6.07) is 12.1. The summed E-state index contributed by atoms with van der Waals surface area (Å²) in [7, 11) is -0.633. The Kier molecular flexibility index (Phi) is 5.77. The van der Waals surface area contributed by atoms with Crippen LogP contribution in [0.3, 0.4) is 0 Å². The molecule has 0 saturated heterocycles. The maximum absolute atomic E-state index is 13.0. The third kappa shape index (κ3) is 3.90. The minimum atomic E-state index is -3.60. The van der Waals surface area contributed by atoms with E-state index in [0.717, 1.165) is 21.2 Å². The van der Waals surface area contributed by atoms with Crippen molar-refractivity contribution in [3.63, 3.8) is 0 Å². The summed E-state index contributed by atoms with van der Waals surface area (Å²) < 4.78 is 28.2. The minimum Gasteiger partial charge on any atom is -0.324 e. The number of aryl methyl sites for hydroxylation is 2. The van der Waals surface area contributed by atoms with Crippen LogP contribution in [0.2, 0.25) is 0 Å². The standard InChI is InChI=1S/C21H26N4O3S/c1-6-20-23-17-9-7-8-10-18(17)25(20)15(3)21(26)22-16-12-11-14(2)19(13-16)29(27,28)24(4)5/h7-13,15H,6H2,1-5H3,(H,22,26)/t15-/m1/s1. The third-order valence-corrected chi connectivity index (χ3v) is 6.92. The Bertz CT molecular complexity index is 1170. The second kappa shape index (κ2) is 7.96. The molecule has 1 atom stereocenters. The molecule has 1 heterocycles. The third-order valence-electron chi connectivity index (χ3n) is 4.97. The maximum atomic E-state index is 13.0. The lowest BCUT2D eigenvalue weighted by Crippen LogP contribution is -2.26. The van der Waals surface area contributed by atoms with E-state index in [9.17, 15) is 13.2 Å². The largest absolute Gasteiger partial charge is 0.324 e. The number of nitrogens with one attached hydrogen (secondary N) is 1. The van der Waals surface area contributed by atoms with Gasteiger partial charge < -0.3 is 9.88 Å². The van der Waals surface area contributed by atoms with Crippen molar-refractivity contribution in [1.29, 1.82) is 0 Å². The van der Waals surface area contributed by atoms with E-state index in [-0.39, 0.29) is 10.8 Å². The molecule has 0 spiro atoms. The number of anilines is 1. The number of amides is 1. The van der Waals surface area contributed by atoms with Gasteiger partial charge in [-0.3, -0.25) is 4.79 Å². The topological polar surface area (TPSA) is 84.3 Å². The zero-order chi connectivity index (χ0) is 21.3. The predicted octanol–water partition coefficient (Wildman–Crippen LogP) is 3.36. The molecule has 7 nitrogen and oxygen atoms in total. The van der Waals surface area contributed by atoms with Crippen LogP contribution >= 0.6 is 0 Å². The number of aromatic nitrogens is 2. The number of carbonyl (C=O) groups excluding carboxylic acids is 1. The second-order valence-corrected chi connectivity index (χ2v) is 9.29. The summed E-state index contributed by atoms with van der Waals surface area (Å²) in [6.07, 6.45) is 0.696. The number of hydrogen-bond acceptors (Lipinski definition) is 4. The lowest BCUT2D eigenvalue weighted by molar-refractivity contribution is -0.118. The molecule has 0 aliphatic carbocycles. The molecule has 3 rings (SSSR count). The van der Waals surface area contributed by atoms with Crippen LogP contribution in [0, 0.1) is 6.92 Å². The molecule has 0 bridgehead atoms. The average molecular weight is 415 g/mol. The van der Waals surface area contributed by atoms with E-state index in [4.69, 9.17) is 0 Å².